The molecule has 2 saturated heterocycles. The number of ether oxygens (including phenoxy) is 1. The number of guanidine groups is 1. The number of likely N-dealkylation sites (tertiary alicyclic amines) is 1. The van der Waals surface area contributed by atoms with Gasteiger partial charge >= 0.3 is 0 Å². The lowest BCUT2D eigenvalue weighted by Crippen LogP contribution is -2.47. The van der Waals surface area contributed by atoms with Crippen molar-refractivity contribution in [1.82, 2.24) is 10.2 Å². The third-order valence-corrected chi connectivity index (χ3v) is 4.29. The number of nitrogens with two attached hydrogens (primary N) is 1. The minimum absolute atomic E-state index is 0.205. The second kappa shape index (κ2) is 8.22. The van der Waals surface area contributed by atoms with E-state index in [-0.39, 0.29) is 5.91 Å². The van der Waals surface area contributed by atoms with Crippen LogP contribution in [-0.4, -0.2) is 56.2 Å². The zero-order chi connectivity index (χ0) is 15.1. The molecule has 2 aliphatic heterocycles. The molecule has 0 saturated carbocycles. The van der Waals surface area contributed by atoms with Crippen LogP contribution in [0.1, 0.15) is 38.5 Å². The smallest absolute Gasteiger partial charge is 0.217 e. The van der Waals surface area contributed by atoms with Crippen molar-refractivity contribution < 1.29 is 9.53 Å². The molecule has 2 rings (SSSR count). The highest BCUT2D eigenvalue weighted by molar-refractivity contribution is 5.80. The van der Waals surface area contributed by atoms with Crippen LogP contribution in [0.25, 0.3) is 0 Å². The van der Waals surface area contributed by atoms with Crippen molar-refractivity contribution in [2.45, 2.75) is 44.6 Å². The lowest BCUT2D eigenvalue weighted by atomic mass is 9.95. The first kappa shape index (κ1) is 16.1. The van der Waals surface area contributed by atoms with Gasteiger partial charge in [-0.2, -0.15) is 0 Å². The number of piperidine rings is 1. The fraction of sp³-hybridized carbons (Fsp3) is 0.867. The number of carbonyl (C=O) groups excluding carboxylic acids is 1. The van der Waals surface area contributed by atoms with E-state index in [1.807, 2.05) is 7.05 Å². The Hall–Kier alpha value is -1.30. The van der Waals surface area contributed by atoms with E-state index in [1.165, 1.54) is 12.8 Å². The summed E-state index contributed by atoms with van der Waals surface area (Å²) < 4.78 is 5.63. The molecule has 6 nitrogen and oxygen atoms in total. The van der Waals surface area contributed by atoms with Crippen LogP contribution in [0.4, 0.5) is 0 Å². The van der Waals surface area contributed by atoms with E-state index in [0.717, 1.165) is 51.5 Å². The van der Waals surface area contributed by atoms with Gasteiger partial charge in [0.15, 0.2) is 5.96 Å². The zero-order valence-corrected chi connectivity index (χ0v) is 13.0. The maximum atomic E-state index is 11.1. The van der Waals surface area contributed by atoms with Gasteiger partial charge in [0, 0.05) is 39.7 Å². The fourth-order valence-electron chi connectivity index (χ4n) is 3.26. The van der Waals surface area contributed by atoms with E-state index in [1.54, 1.807) is 0 Å². The number of rotatable bonds is 5. The Labute approximate surface area is 127 Å². The second-order valence-corrected chi connectivity index (χ2v) is 6.02. The molecule has 2 atom stereocenters. The lowest BCUT2D eigenvalue weighted by molar-refractivity contribution is -0.119. The van der Waals surface area contributed by atoms with Gasteiger partial charge in [0.05, 0.1) is 6.10 Å². The second-order valence-electron chi connectivity index (χ2n) is 6.02. The highest BCUT2D eigenvalue weighted by Gasteiger charge is 2.23. The number of nitrogens with one attached hydrogen (secondary N) is 1. The van der Waals surface area contributed by atoms with Gasteiger partial charge in [-0.05, 0) is 38.0 Å². The molecule has 2 aliphatic rings. The Morgan fingerprint density at radius 2 is 2.29 bits per heavy atom. The van der Waals surface area contributed by atoms with Gasteiger partial charge in [0.2, 0.25) is 5.91 Å². The molecule has 2 unspecified atom stereocenters. The van der Waals surface area contributed by atoms with Gasteiger partial charge in [0.25, 0.3) is 0 Å². The molecule has 21 heavy (non-hydrogen) atoms. The molecular formula is C15H28N4O2. The highest BCUT2D eigenvalue weighted by atomic mass is 16.5. The van der Waals surface area contributed by atoms with Crippen LogP contribution in [0.2, 0.25) is 0 Å². The summed E-state index contributed by atoms with van der Waals surface area (Å²) in [4.78, 5) is 17.7. The van der Waals surface area contributed by atoms with Gasteiger partial charge in [0.1, 0.15) is 0 Å². The molecule has 0 aromatic heterocycles. The summed E-state index contributed by atoms with van der Waals surface area (Å²) in [6.07, 6.45) is 6.42. The normalized spacial score (nSPS) is 26.9. The predicted octanol–water partition coefficient (Wildman–Crippen LogP) is 0.718. The average molecular weight is 296 g/mol. The molecular weight excluding hydrogens is 268 g/mol. The summed E-state index contributed by atoms with van der Waals surface area (Å²) in [5.41, 5.74) is 5.31. The molecule has 3 N–H and O–H groups in total. The maximum Gasteiger partial charge on any atom is 0.217 e. The van der Waals surface area contributed by atoms with Crippen LogP contribution >= 0.6 is 0 Å². The molecule has 120 valence electrons. The van der Waals surface area contributed by atoms with Crippen LogP contribution in [0.5, 0.6) is 0 Å². The molecule has 0 spiro atoms. The molecule has 6 heteroatoms. The van der Waals surface area contributed by atoms with Crippen molar-refractivity contribution in [3.8, 4) is 0 Å². The molecule has 0 aliphatic carbocycles. The largest absolute Gasteiger partial charge is 0.378 e. The lowest BCUT2D eigenvalue weighted by Gasteiger charge is -2.34. The van der Waals surface area contributed by atoms with Gasteiger partial charge in [-0.15, -0.1) is 0 Å². The van der Waals surface area contributed by atoms with Gasteiger partial charge < -0.3 is 20.7 Å². The third-order valence-electron chi connectivity index (χ3n) is 4.29. The minimum atomic E-state index is -0.205. The van der Waals surface area contributed by atoms with Crippen molar-refractivity contribution in [2.24, 2.45) is 16.6 Å². The van der Waals surface area contributed by atoms with Gasteiger partial charge in [-0.25, -0.2) is 0 Å². The number of carbonyl (C=O) groups is 1. The zero-order valence-electron chi connectivity index (χ0n) is 13.0. The minimum Gasteiger partial charge on any atom is -0.378 e. The number of aliphatic imine (C=N–C) groups is 1. The molecule has 1 amide bonds. The first-order valence-electron chi connectivity index (χ1n) is 8.04. The Kier molecular flexibility index (Phi) is 6.29. The SMILES string of the molecule is CN=C(NCCC1CCCO1)N1CCCC(CC(N)=O)C1. The monoisotopic (exact) mass is 296 g/mol. The van der Waals surface area contributed by atoms with Crippen molar-refractivity contribution in [1.29, 1.82) is 0 Å². The van der Waals surface area contributed by atoms with Crippen molar-refractivity contribution in [3.05, 3.63) is 0 Å². The molecule has 0 radical (unpaired) electrons. The van der Waals surface area contributed by atoms with Gasteiger partial charge in [-0.3, -0.25) is 9.79 Å². The summed E-state index contributed by atoms with van der Waals surface area (Å²) >= 11 is 0. The summed E-state index contributed by atoms with van der Waals surface area (Å²) in [5.74, 6) is 1.08. The summed E-state index contributed by atoms with van der Waals surface area (Å²) in [7, 11) is 1.81. The number of hydrogen-bond donors (Lipinski definition) is 2. The highest BCUT2D eigenvalue weighted by Crippen LogP contribution is 2.19. The molecule has 2 heterocycles. The van der Waals surface area contributed by atoms with E-state index >= 15 is 0 Å². The summed E-state index contributed by atoms with van der Waals surface area (Å²) in [6, 6.07) is 0. The van der Waals surface area contributed by atoms with E-state index in [4.69, 9.17) is 10.5 Å². The van der Waals surface area contributed by atoms with Crippen LogP contribution in [-0.2, 0) is 9.53 Å². The topological polar surface area (TPSA) is 80.0 Å². The van der Waals surface area contributed by atoms with Crippen LogP contribution in [0, 0.1) is 5.92 Å². The van der Waals surface area contributed by atoms with E-state index in [2.05, 4.69) is 15.2 Å². The number of amides is 1. The molecule has 0 aromatic rings. The predicted molar refractivity (Wildman–Crippen MR) is 83.1 cm³/mol. The maximum absolute atomic E-state index is 11.1. The van der Waals surface area contributed by atoms with Gasteiger partial charge in [-0.1, -0.05) is 0 Å². The molecule has 2 fully saturated rings. The first-order valence-corrected chi connectivity index (χ1v) is 8.04. The Bertz CT molecular complexity index is 367. The number of hydrogen-bond acceptors (Lipinski definition) is 3. The van der Waals surface area contributed by atoms with Crippen LogP contribution in [0.3, 0.4) is 0 Å². The first-order chi connectivity index (χ1) is 10.2. The van der Waals surface area contributed by atoms with Crippen molar-refractivity contribution in [2.75, 3.05) is 33.3 Å². The van der Waals surface area contributed by atoms with E-state index in [0.29, 0.717) is 18.4 Å². The Morgan fingerprint density at radius 1 is 1.43 bits per heavy atom. The fourth-order valence-corrected chi connectivity index (χ4v) is 3.26. The number of primary amides is 1. The molecule has 0 aromatic carbocycles. The van der Waals surface area contributed by atoms with E-state index < -0.39 is 0 Å². The number of nitrogens with zero attached hydrogens (tertiary/aromatic N) is 2. The van der Waals surface area contributed by atoms with Crippen molar-refractivity contribution >= 4 is 11.9 Å². The third kappa shape index (κ3) is 5.19. The van der Waals surface area contributed by atoms with E-state index in [9.17, 15) is 4.79 Å². The Balaban J connectivity index is 1.75. The van der Waals surface area contributed by atoms with Crippen LogP contribution in [0.15, 0.2) is 4.99 Å². The average Bonchev–Trinajstić information content (AvgIpc) is 2.96. The Morgan fingerprint density at radius 3 is 2.95 bits per heavy atom. The summed E-state index contributed by atoms with van der Waals surface area (Å²) in [6.45, 7) is 3.64. The quantitative estimate of drug-likeness (QED) is 0.579. The summed E-state index contributed by atoms with van der Waals surface area (Å²) in [5, 5.41) is 3.42. The standard InChI is InChI=1S/C15H28N4O2/c1-17-15(18-7-6-13-5-3-9-21-13)19-8-2-4-12(11-19)10-14(16)20/h12-13H,2-11H2,1H3,(H2,16,20)(H,17,18). The molecule has 0 bridgehead atoms. The van der Waals surface area contributed by atoms with Crippen LogP contribution < -0.4 is 11.1 Å². The van der Waals surface area contributed by atoms with Crippen molar-refractivity contribution in [3.63, 3.8) is 0 Å².